The normalized spacial score (nSPS) is 27.7. The van der Waals surface area contributed by atoms with E-state index < -0.39 is 0 Å². The van der Waals surface area contributed by atoms with Crippen LogP contribution in [0, 0.1) is 22.7 Å². The van der Waals surface area contributed by atoms with E-state index in [0.29, 0.717) is 36.4 Å². The summed E-state index contributed by atoms with van der Waals surface area (Å²) in [4.78, 5) is 42.3. The van der Waals surface area contributed by atoms with Gasteiger partial charge in [0.25, 0.3) is 0 Å². The summed E-state index contributed by atoms with van der Waals surface area (Å²) in [6.07, 6.45) is 10.1. The Kier molecular flexibility index (Phi) is 6.50. The second-order valence-corrected chi connectivity index (χ2v) is 10.5. The molecule has 6 rings (SSSR count). The molecule has 4 fully saturated rings. The maximum Gasteiger partial charge on any atom is 0.245 e. The first-order chi connectivity index (χ1) is 17.4. The van der Waals surface area contributed by atoms with E-state index in [4.69, 9.17) is 9.47 Å². The van der Waals surface area contributed by atoms with Gasteiger partial charge in [-0.1, -0.05) is 0 Å². The summed E-state index contributed by atoms with van der Waals surface area (Å²) < 4.78 is 10.2. The van der Waals surface area contributed by atoms with Gasteiger partial charge < -0.3 is 9.47 Å². The highest BCUT2D eigenvalue weighted by Crippen LogP contribution is 2.67. The Labute approximate surface area is 209 Å². The molecule has 0 aliphatic heterocycles. The first-order valence-electron chi connectivity index (χ1n) is 12.2. The number of aromatic nitrogens is 4. The Morgan fingerprint density at radius 1 is 0.833 bits per heavy atom. The molecule has 0 unspecified atom stereocenters. The summed E-state index contributed by atoms with van der Waals surface area (Å²) in [6.45, 7) is 0. The maximum atomic E-state index is 12.9. The van der Waals surface area contributed by atoms with Crippen LogP contribution in [0.4, 0.5) is 11.9 Å². The lowest BCUT2D eigenvalue weighted by atomic mass is 9.43. The van der Waals surface area contributed by atoms with Gasteiger partial charge in [-0.05, 0) is 61.2 Å². The average Bonchev–Trinajstić information content (AvgIpc) is 2.85. The van der Waals surface area contributed by atoms with Crippen LogP contribution in [0.2, 0.25) is 0 Å². The van der Waals surface area contributed by atoms with Gasteiger partial charge in [-0.15, -0.1) is 0 Å². The van der Waals surface area contributed by atoms with Gasteiger partial charge in [0.15, 0.2) is 0 Å². The fourth-order valence-electron chi connectivity index (χ4n) is 7.12. The molecule has 2 heterocycles. The minimum absolute atomic E-state index is 0.0886. The third kappa shape index (κ3) is 5.26. The molecule has 2 aromatic rings. The van der Waals surface area contributed by atoms with Gasteiger partial charge in [-0.25, -0.2) is 9.97 Å². The zero-order valence-electron chi connectivity index (χ0n) is 20.5. The zero-order chi connectivity index (χ0) is 25.2. The lowest BCUT2D eigenvalue weighted by Crippen LogP contribution is -2.54. The van der Waals surface area contributed by atoms with Gasteiger partial charge in [0.05, 0.1) is 14.2 Å². The maximum absolute atomic E-state index is 12.9. The topological polar surface area (TPSA) is 152 Å². The quantitative estimate of drug-likeness (QED) is 0.360. The smallest absolute Gasteiger partial charge is 0.245 e. The number of carbonyl (C=O) groups is 2. The Hall–Kier alpha value is -3.70. The molecular formula is C24H32N8O4. The number of hydrazine groups is 2. The van der Waals surface area contributed by atoms with Crippen LogP contribution in [-0.2, 0) is 9.59 Å². The van der Waals surface area contributed by atoms with Crippen LogP contribution in [0.5, 0.6) is 11.8 Å². The number of amides is 2. The van der Waals surface area contributed by atoms with Crippen molar-refractivity contribution in [1.29, 1.82) is 0 Å². The number of nitrogens with one attached hydrogen (secondary N) is 4. The van der Waals surface area contributed by atoms with Crippen molar-refractivity contribution >= 4 is 23.7 Å². The second-order valence-electron chi connectivity index (χ2n) is 10.5. The molecule has 36 heavy (non-hydrogen) atoms. The largest absolute Gasteiger partial charge is 0.481 e. The standard InChI is InChI=1S/C24H32N8O4/c1-35-19-3-5-25-21(27-19)31-29-17(33)12-23-8-15-7-16(9-23)11-24(10-15,14-23)13-18(34)30-32-22-26-6-4-20(28-22)36-2/h3-6,15-16H,7-14H2,1-2H3,(H,29,33)(H,30,34)(H,25,27,31)(H,26,28,32). The summed E-state index contributed by atoms with van der Waals surface area (Å²) in [5.74, 6) is 2.28. The van der Waals surface area contributed by atoms with Crippen molar-refractivity contribution in [2.24, 2.45) is 22.7 Å². The minimum Gasteiger partial charge on any atom is -0.481 e. The predicted octanol–water partition coefficient (Wildman–Crippen LogP) is 2.24. The molecule has 0 atom stereocenters. The van der Waals surface area contributed by atoms with E-state index in [1.165, 1.54) is 20.6 Å². The molecule has 0 saturated heterocycles. The van der Waals surface area contributed by atoms with Crippen molar-refractivity contribution in [1.82, 2.24) is 30.8 Å². The number of anilines is 2. The van der Waals surface area contributed by atoms with Crippen molar-refractivity contribution in [3.05, 3.63) is 24.5 Å². The van der Waals surface area contributed by atoms with Gasteiger partial charge >= 0.3 is 0 Å². The monoisotopic (exact) mass is 496 g/mol. The van der Waals surface area contributed by atoms with Crippen molar-refractivity contribution in [3.63, 3.8) is 0 Å². The molecule has 4 bridgehead atoms. The summed E-state index contributed by atoms with van der Waals surface area (Å²) in [6, 6.07) is 3.27. The summed E-state index contributed by atoms with van der Waals surface area (Å²) >= 11 is 0. The summed E-state index contributed by atoms with van der Waals surface area (Å²) in [7, 11) is 3.05. The summed E-state index contributed by atoms with van der Waals surface area (Å²) in [5.41, 5.74) is 10.9. The number of nitrogens with zero attached hydrogens (tertiary/aromatic N) is 4. The Bertz CT molecular complexity index is 1030. The van der Waals surface area contributed by atoms with E-state index in [1.54, 1.807) is 24.5 Å². The van der Waals surface area contributed by atoms with Crippen LogP contribution >= 0.6 is 0 Å². The molecule has 4 saturated carbocycles. The highest BCUT2D eigenvalue weighted by atomic mass is 16.5. The SMILES string of the molecule is COc1ccnc(NNC(=O)CC23CC4CC(C2)CC(CC(=O)NNc2nccc(OC)n2)(C4)C3)n1. The van der Waals surface area contributed by atoms with E-state index in [9.17, 15) is 9.59 Å². The zero-order valence-corrected chi connectivity index (χ0v) is 20.5. The first kappa shape index (κ1) is 24.0. The van der Waals surface area contributed by atoms with Gasteiger partial charge in [0.2, 0.25) is 35.5 Å². The van der Waals surface area contributed by atoms with Crippen LogP contribution < -0.4 is 31.2 Å². The Morgan fingerprint density at radius 3 is 1.69 bits per heavy atom. The molecule has 4 aliphatic carbocycles. The lowest BCUT2D eigenvalue weighted by Gasteiger charge is -2.62. The molecule has 192 valence electrons. The average molecular weight is 497 g/mol. The molecule has 2 amide bonds. The number of ether oxygens (including phenoxy) is 2. The molecule has 0 radical (unpaired) electrons. The fraction of sp³-hybridized carbons (Fsp3) is 0.583. The molecule has 0 spiro atoms. The van der Waals surface area contributed by atoms with Crippen molar-refractivity contribution in [3.8, 4) is 11.8 Å². The number of methoxy groups -OCH3 is 2. The van der Waals surface area contributed by atoms with E-state index in [0.717, 1.165) is 32.1 Å². The van der Waals surface area contributed by atoms with E-state index >= 15 is 0 Å². The van der Waals surface area contributed by atoms with Gasteiger partial charge in [0.1, 0.15) is 0 Å². The number of hydrogen-bond acceptors (Lipinski definition) is 10. The van der Waals surface area contributed by atoms with Crippen molar-refractivity contribution < 1.29 is 19.1 Å². The Morgan fingerprint density at radius 2 is 1.28 bits per heavy atom. The lowest BCUT2D eigenvalue weighted by molar-refractivity contribution is -0.145. The molecular weight excluding hydrogens is 464 g/mol. The minimum atomic E-state index is -0.0974. The van der Waals surface area contributed by atoms with Gasteiger partial charge in [-0.3, -0.25) is 31.3 Å². The molecule has 0 aromatic carbocycles. The summed E-state index contributed by atoms with van der Waals surface area (Å²) in [5, 5.41) is 0. The second kappa shape index (κ2) is 9.75. The molecule has 4 N–H and O–H groups in total. The number of carbonyl (C=O) groups excluding carboxylic acids is 2. The van der Waals surface area contributed by atoms with Crippen molar-refractivity contribution in [2.45, 2.75) is 51.4 Å². The third-order valence-electron chi connectivity index (χ3n) is 7.68. The molecule has 12 nitrogen and oxygen atoms in total. The first-order valence-corrected chi connectivity index (χ1v) is 12.2. The van der Waals surface area contributed by atoms with E-state index in [-0.39, 0.29) is 34.5 Å². The van der Waals surface area contributed by atoms with Gasteiger partial charge in [-0.2, -0.15) is 9.97 Å². The van der Waals surface area contributed by atoms with Gasteiger partial charge in [0, 0.05) is 37.4 Å². The van der Waals surface area contributed by atoms with Crippen LogP contribution in [0.15, 0.2) is 24.5 Å². The predicted molar refractivity (Wildman–Crippen MR) is 129 cm³/mol. The molecule has 12 heteroatoms. The van der Waals surface area contributed by atoms with Crippen LogP contribution in [0.3, 0.4) is 0 Å². The highest BCUT2D eigenvalue weighted by molar-refractivity contribution is 5.79. The van der Waals surface area contributed by atoms with Crippen LogP contribution in [0.1, 0.15) is 51.4 Å². The van der Waals surface area contributed by atoms with E-state index in [1.807, 2.05) is 0 Å². The molecule has 2 aromatic heterocycles. The fourth-order valence-corrected chi connectivity index (χ4v) is 7.12. The Balaban J connectivity index is 1.19. The highest BCUT2D eigenvalue weighted by Gasteiger charge is 2.58. The molecule has 4 aliphatic rings. The number of hydrogen-bond donors (Lipinski definition) is 4. The third-order valence-corrected chi connectivity index (χ3v) is 7.68. The van der Waals surface area contributed by atoms with Crippen molar-refractivity contribution in [2.75, 3.05) is 25.1 Å². The number of rotatable bonds is 10. The van der Waals surface area contributed by atoms with Crippen LogP contribution in [0.25, 0.3) is 0 Å². The van der Waals surface area contributed by atoms with E-state index in [2.05, 4.69) is 41.6 Å². The van der Waals surface area contributed by atoms with Crippen LogP contribution in [-0.4, -0.2) is 46.0 Å².